The van der Waals surface area contributed by atoms with E-state index in [1.807, 2.05) is 18.2 Å². The molecule has 1 N–H and O–H groups in total. The van der Waals surface area contributed by atoms with E-state index < -0.39 is 0 Å². The highest BCUT2D eigenvalue weighted by atomic mass is 35.5. The van der Waals surface area contributed by atoms with E-state index in [2.05, 4.69) is 31.3 Å². The van der Waals surface area contributed by atoms with Crippen LogP contribution in [0, 0.1) is 5.41 Å². The van der Waals surface area contributed by atoms with Crippen molar-refractivity contribution in [3.8, 4) is 5.75 Å². The number of hydrogen-bond acceptors (Lipinski definition) is 2. The number of halogens is 1. The maximum absolute atomic E-state index is 12.6. The molecule has 3 nitrogen and oxygen atoms in total. The third kappa shape index (κ3) is 2.93. The smallest absolute Gasteiger partial charge is 0.255 e. The lowest BCUT2D eigenvalue weighted by atomic mass is 10.0. The van der Waals surface area contributed by atoms with Crippen LogP contribution >= 0.6 is 11.6 Å². The molecule has 2 aromatic rings. The Balaban J connectivity index is 1.80. The molecule has 120 valence electrons. The Hall–Kier alpha value is -2.00. The van der Waals surface area contributed by atoms with Crippen LogP contribution in [0.5, 0.6) is 5.75 Å². The molecule has 0 radical (unpaired) electrons. The fraction of sp³-hybridized carbons (Fsp3) is 0.316. The molecule has 4 heteroatoms. The van der Waals surface area contributed by atoms with Crippen LogP contribution < -0.4 is 10.1 Å². The van der Waals surface area contributed by atoms with Gasteiger partial charge in [-0.05, 0) is 29.2 Å². The minimum absolute atomic E-state index is 0.0306. The van der Waals surface area contributed by atoms with E-state index >= 15 is 0 Å². The Kier molecular flexibility index (Phi) is 4.07. The predicted octanol–water partition coefficient (Wildman–Crippen LogP) is 4.27. The average Bonchev–Trinajstić information content (AvgIpc) is 3.08. The van der Waals surface area contributed by atoms with E-state index in [4.69, 9.17) is 16.3 Å². The first-order chi connectivity index (χ1) is 10.9. The second-order valence-corrected chi connectivity index (χ2v) is 6.94. The molecule has 0 heterocycles. The first kappa shape index (κ1) is 15.9. The molecule has 1 amide bonds. The Morgan fingerprint density at radius 3 is 2.52 bits per heavy atom. The zero-order valence-electron chi connectivity index (χ0n) is 13.5. The first-order valence-corrected chi connectivity index (χ1v) is 8.02. The summed E-state index contributed by atoms with van der Waals surface area (Å²) in [5.41, 5.74) is 1.75. The second kappa shape index (κ2) is 5.89. The minimum atomic E-state index is -0.152. The van der Waals surface area contributed by atoms with Crippen molar-refractivity contribution in [3.05, 3.63) is 64.7 Å². The van der Waals surface area contributed by atoms with E-state index in [0.29, 0.717) is 22.3 Å². The van der Waals surface area contributed by atoms with Crippen LogP contribution in [0.2, 0.25) is 5.02 Å². The lowest BCUT2D eigenvalue weighted by Gasteiger charge is -2.10. The summed E-state index contributed by atoms with van der Waals surface area (Å²) in [5.74, 6) is 0.695. The van der Waals surface area contributed by atoms with Gasteiger partial charge >= 0.3 is 0 Å². The number of carbonyl (C=O) groups excluding carboxylic acids is 1. The van der Waals surface area contributed by atoms with Gasteiger partial charge in [-0.1, -0.05) is 55.8 Å². The fourth-order valence-electron chi connectivity index (χ4n) is 3.27. The molecule has 2 atom stereocenters. The maximum Gasteiger partial charge on any atom is 0.255 e. The number of carbonyl (C=O) groups is 1. The third-order valence-electron chi connectivity index (χ3n) is 4.68. The first-order valence-electron chi connectivity index (χ1n) is 7.64. The topological polar surface area (TPSA) is 38.3 Å². The summed E-state index contributed by atoms with van der Waals surface area (Å²) in [4.78, 5) is 12.6. The van der Waals surface area contributed by atoms with Crippen molar-refractivity contribution in [2.45, 2.75) is 25.8 Å². The quantitative estimate of drug-likeness (QED) is 0.909. The average molecular weight is 330 g/mol. The minimum Gasteiger partial charge on any atom is -0.496 e. The van der Waals surface area contributed by atoms with Gasteiger partial charge in [0.1, 0.15) is 5.75 Å². The second-order valence-electron chi connectivity index (χ2n) is 6.51. The van der Waals surface area contributed by atoms with Crippen LogP contribution in [0.25, 0.3) is 0 Å². The van der Waals surface area contributed by atoms with Crippen molar-refractivity contribution in [1.29, 1.82) is 0 Å². The van der Waals surface area contributed by atoms with Crippen molar-refractivity contribution in [1.82, 2.24) is 5.32 Å². The van der Waals surface area contributed by atoms with Crippen molar-refractivity contribution >= 4 is 17.5 Å². The predicted molar refractivity (Wildman–Crippen MR) is 92.2 cm³/mol. The fourth-order valence-corrected chi connectivity index (χ4v) is 3.44. The molecule has 0 spiro atoms. The highest BCUT2D eigenvalue weighted by molar-refractivity contribution is 6.31. The summed E-state index contributed by atoms with van der Waals surface area (Å²) in [6, 6.07) is 15.4. The molecule has 0 saturated heterocycles. The normalized spacial score (nSPS) is 21.6. The summed E-state index contributed by atoms with van der Waals surface area (Å²) in [5, 5.41) is 3.65. The summed E-state index contributed by atoms with van der Waals surface area (Å²) in [6.45, 7) is 4.34. The van der Waals surface area contributed by atoms with E-state index in [9.17, 15) is 4.79 Å². The van der Waals surface area contributed by atoms with Gasteiger partial charge < -0.3 is 10.1 Å². The number of amides is 1. The van der Waals surface area contributed by atoms with Gasteiger partial charge in [-0.25, -0.2) is 0 Å². The van der Waals surface area contributed by atoms with Crippen molar-refractivity contribution < 1.29 is 9.53 Å². The largest absolute Gasteiger partial charge is 0.496 e. The molecule has 3 rings (SSSR count). The van der Waals surface area contributed by atoms with E-state index in [1.165, 1.54) is 5.56 Å². The van der Waals surface area contributed by atoms with Gasteiger partial charge in [-0.2, -0.15) is 0 Å². The molecule has 2 aromatic carbocycles. The molecule has 0 aliphatic heterocycles. The van der Waals surface area contributed by atoms with Gasteiger partial charge in [-0.3, -0.25) is 4.79 Å². The van der Waals surface area contributed by atoms with Crippen molar-refractivity contribution in [2.24, 2.45) is 5.41 Å². The van der Waals surface area contributed by atoms with Crippen LogP contribution in [0.15, 0.2) is 48.5 Å². The Morgan fingerprint density at radius 1 is 1.17 bits per heavy atom. The summed E-state index contributed by atoms with van der Waals surface area (Å²) >= 11 is 6.02. The monoisotopic (exact) mass is 329 g/mol. The van der Waals surface area contributed by atoms with Gasteiger partial charge in [0, 0.05) is 17.0 Å². The van der Waals surface area contributed by atoms with E-state index in [-0.39, 0.29) is 17.4 Å². The lowest BCUT2D eigenvalue weighted by molar-refractivity contribution is 0.0943. The maximum atomic E-state index is 12.6. The molecule has 1 saturated carbocycles. The van der Waals surface area contributed by atoms with Crippen LogP contribution in [0.3, 0.4) is 0 Å². The van der Waals surface area contributed by atoms with Crippen molar-refractivity contribution in [2.75, 3.05) is 7.11 Å². The van der Waals surface area contributed by atoms with E-state index in [1.54, 1.807) is 25.3 Å². The zero-order valence-corrected chi connectivity index (χ0v) is 14.2. The molecular weight excluding hydrogens is 310 g/mol. The Morgan fingerprint density at radius 2 is 1.87 bits per heavy atom. The highest BCUT2D eigenvalue weighted by Gasteiger charge is 2.59. The highest BCUT2D eigenvalue weighted by Crippen LogP contribution is 2.58. The number of benzene rings is 2. The van der Waals surface area contributed by atoms with Gasteiger partial charge in [0.15, 0.2) is 0 Å². The number of rotatable bonds is 4. The van der Waals surface area contributed by atoms with E-state index in [0.717, 1.165) is 0 Å². The molecule has 0 aromatic heterocycles. The van der Waals surface area contributed by atoms with Crippen LogP contribution in [0.4, 0.5) is 0 Å². The summed E-state index contributed by atoms with van der Waals surface area (Å²) < 4.78 is 5.27. The molecule has 1 unspecified atom stereocenters. The molecule has 1 aliphatic rings. The molecule has 23 heavy (non-hydrogen) atoms. The van der Waals surface area contributed by atoms with Crippen LogP contribution in [-0.4, -0.2) is 19.1 Å². The number of nitrogens with one attached hydrogen (secondary N) is 1. The Labute approximate surface area is 141 Å². The molecular formula is C19H20ClNO2. The molecule has 1 fully saturated rings. The van der Waals surface area contributed by atoms with Gasteiger partial charge in [0.2, 0.25) is 0 Å². The third-order valence-corrected chi connectivity index (χ3v) is 4.91. The SMILES string of the molecule is COc1ccc(Cl)cc1C(=O)NC1[C@H](c2ccccc2)C1(C)C. The van der Waals surface area contributed by atoms with Crippen LogP contribution in [0.1, 0.15) is 35.7 Å². The van der Waals surface area contributed by atoms with Crippen molar-refractivity contribution in [3.63, 3.8) is 0 Å². The molecule has 0 bridgehead atoms. The lowest BCUT2D eigenvalue weighted by Crippen LogP contribution is -2.29. The van der Waals surface area contributed by atoms with Gasteiger partial charge in [-0.15, -0.1) is 0 Å². The number of methoxy groups -OCH3 is 1. The van der Waals surface area contributed by atoms with Crippen LogP contribution in [-0.2, 0) is 0 Å². The van der Waals surface area contributed by atoms with Gasteiger partial charge in [0.25, 0.3) is 5.91 Å². The van der Waals surface area contributed by atoms with Gasteiger partial charge in [0.05, 0.1) is 12.7 Å². The zero-order chi connectivity index (χ0) is 16.6. The summed E-state index contributed by atoms with van der Waals surface area (Å²) in [6.07, 6.45) is 0. The Bertz CT molecular complexity index is 727. The number of ether oxygens (including phenoxy) is 1. The summed E-state index contributed by atoms with van der Waals surface area (Å²) in [7, 11) is 1.55. The number of hydrogen-bond donors (Lipinski definition) is 1. The molecule has 1 aliphatic carbocycles. The standard InChI is InChI=1S/C19H20ClNO2/c1-19(2)16(12-7-5-4-6-8-12)17(19)21-18(22)14-11-13(20)9-10-15(14)23-3/h4-11,16-17H,1-3H3,(H,21,22)/t16-,17?/m0/s1.